The number of hydrogen-bond donors (Lipinski definition) is 1. The number of aromatic nitrogens is 1. The van der Waals surface area contributed by atoms with Crippen LogP contribution >= 0.6 is 0 Å². The van der Waals surface area contributed by atoms with Crippen molar-refractivity contribution in [1.29, 1.82) is 0 Å². The molecule has 0 bridgehead atoms. The molecule has 1 heterocycles. The minimum atomic E-state index is 0.528. The van der Waals surface area contributed by atoms with E-state index in [0.717, 1.165) is 11.5 Å². The number of nitrogens with two attached hydrogens (primary N) is 1. The molecule has 10 heavy (non-hydrogen) atoms. The fourth-order valence-corrected chi connectivity index (χ4v) is 0.646. The molecule has 54 valence electrons. The van der Waals surface area contributed by atoms with Gasteiger partial charge in [0.1, 0.15) is 0 Å². The topological polar surface area (TPSA) is 52.0 Å². The Balaban J connectivity index is 2.67. The largest absolute Gasteiger partial charge is 0.357 e. The molecule has 3 nitrogen and oxygen atoms in total. The Morgan fingerprint density at radius 3 is 3.10 bits per heavy atom. The second kappa shape index (κ2) is 3.17. The summed E-state index contributed by atoms with van der Waals surface area (Å²) in [4.78, 5) is 0. The zero-order valence-corrected chi connectivity index (χ0v) is 5.87. The van der Waals surface area contributed by atoms with Gasteiger partial charge in [0.15, 0.2) is 5.76 Å². The Hall–Kier alpha value is -1.09. The van der Waals surface area contributed by atoms with Gasteiger partial charge in [-0.05, 0) is 13.0 Å². The summed E-state index contributed by atoms with van der Waals surface area (Å²) >= 11 is 0. The summed E-state index contributed by atoms with van der Waals surface area (Å²) in [7, 11) is 0. The molecule has 1 aromatic rings. The molecule has 0 fully saturated rings. The average molecular weight is 138 g/mol. The van der Waals surface area contributed by atoms with Gasteiger partial charge in [0.25, 0.3) is 0 Å². The van der Waals surface area contributed by atoms with Crippen LogP contribution in [0.4, 0.5) is 0 Å². The maximum atomic E-state index is 5.23. The van der Waals surface area contributed by atoms with Crippen LogP contribution in [0.3, 0.4) is 0 Å². The third-order valence-corrected chi connectivity index (χ3v) is 1.06. The average Bonchev–Trinajstić information content (AvgIpc) is 2.31. The Morgan fingerprint density at radius 1 is 1.80 bits per heavy atom. The molecule has 3 heteroatoms. The first-order valence-corrected chi connectivity index (χ1v) is 3.13. The Morgan fingerprint density at radius 2 is 2.60 bits per heavy atom. The molecule has 0 aliphatic rings. The standard InChI is InChI=1S/C7H10N2O/c1-6-5-7(10-9-6)3-2-4-8/h2-3,5H,4,8H2,1H3/b3-2+. The minimum Gasteiger partial charge on any atom is -0.357 e. The van der Waals surface area contributed by atoms with Gasteiger partial charge in [0.2, 0.25) is 0 Å². The van der Waals surface area contributed by atoms with E-state index < -0.39 is 0 Å². The minimum absolute atomic E-state index is 0.528. The van der Waals surface area contributed by atoms with Crippen molar-refractivity contribution in [2.45, 2.75) is 6.92 Å². The number of hydrogen-bond acceptors (Lipinski definition) is 3. The van der Waals surface area contributed by atoms with Crippen molar-refractivity contribution < 1.29 is 4.52 Å². The highest BCUT2D eigenvalue weighted by molar-refractivity contribution is 5.42. The van der Waals surface area contributed by atoms with Gasteiger partial charge in [0.05, 0.1) is 5.69 Å². The zero-order chi connectivity index (χ0) is 7.40. The predicted octanol–water partition coefficient (Wildman–Crippen LogP) is 0.955. The van der Waals surface area contributed by atoms with E-state index in [4.69, 9.17) is 10.3 Å². The van der Waals surface area contributed by atoms with Crippen LogP contribution in [0.15, 0.2) is 16.7 Å². The van der Waals surface area contributed by atoms with Crippen molar-refractivity contribution in [1.82, 2.24) is 5.16 Å². The van der Waals surface area contributed by atoms with E-state index in [1.165, 1.54) is 0 Å². The molecule has 0 spiro atoms. The molecule has 0 saturated carbocycles. The normalized spacial score (nSPS) is 11.0. The molecule has 0 amide bonds. The van der Waals surface area contributed by atoms with E-state index >= 15 is 0 Å². The van der Waals surface area contributed by atoms with Crippen molar-refractivity contribution in [2.75, 3.05) is 6.54 Å². The second-order valence-corrected chi connectivity index (χ2v) is 2.01. The first-order chi connectivity index (χ1) is 4.83. The lowest BCUT2D eigenvalue weighted by Gasteiger charge is -1.77. The quantitative estimate of drug-likeness (QED) is 0.662. The van der Waals surface area contributed by atoms with Crippen LogP contribution in [-0.2, 0) is 0 Å². The summed E-state index contributed by atoms with van der Waals surface area (Å²) in [6.07, 6.45) is 3.62. The highest BCUT2D eigenvalue weighted by Crippen LogP contribution is 2.02. The van der Waals surface area contributed by atoms with Gasteiger partial charge in [0, 0.05) is 12.6 Å². The summed E-state index contributed by atoms with van der Waals surface area (Å²) < 4.78 is 4.87. The molecule has 0 aliphatic carbocycles. The summed E-state index contributed by atoms with van der Waals surface area (Å²) in [5, 5.41) is 3.70. The number of aryl methyl sites for hydroxylation is 1. The third kappa shape index (κ3) is 1.70. The molecule has 1 rings (SSSR count). The van der Waals surface area contributed by atoms with Crippen LogP contribution in [0.2, 0.25) is 0 Å². The molecule has 1 aromatic heterocycles. The molecule has 0 aliphatic heterocycles. The number of rotatable bonds is 2. The first-order valence-electron chi connectivity index (χ1n) is 3.13. The molecule has 2 N–H and O–H groups in total. The fraction of sp³-hybridized carbons (Fsp3) is 0.286. The first kappa shape index (κ1) is 7.02. The summed E-state index contributed by atoms with van der Waals surface area (Å²) in [5.74, 6) is 0.753. The van der Waals surface area contributed by atoms with Gasteiger partial charge in [-0.25, -0.2) is 0 Å². The molecule has 0 saturated heterocycles. The van der Waals surface area contributed by atoms with Crippen molar-refractivity contribution in [2.24, 2.45) is 5.73 Å². The van der Waals surface area contributed by atoms with Gasteiger partial charge in [-0.2, -0.15) is 0 Å². The molecule has 0 aromatic carbocycles. The third-order valence-electron chi connectivity index (χ3n) is 1.06. The molecular weight excluding hydrogens is 128 g/mol. The van der Waals surface area contributed by atoms with Gasteiger partial charge in [-0.3, -0.25) is 0 Å². The zero-order valence-electron chi connectivity index (χ0n) is 5.87. The highest BCUT2D eigenvalue weighted by Gasteiger charge is 1.92. The van der Waals surface area contributed by atoms with Crippen LogP contribution in [0.1, 0.15) is 11.5 Å². The van der Waals surface area contributed by atoms with Crippen LogP contribution in [0, 0.1) is 6.92 Å². The van der Waals surface area contributed by atoms with E-state index in [2.05, 4.69) is 5.16 Å². The lowest BCUT2D eigenvalue weighted by Crippen LogP contribution is -1.91. The van der Waals surface area contributed by atoms with E-state index in [0.29, 0.717) is 6.54 Å². The lowest BCUT2D eigenvalue weighted by molar-refractivity contribution is 0.408. The summed E-state index contributed by atoms with van der Waals surface area (Å²) in [6, 6.07) is 1.85. The molecular formula is C7H10N2O. The predicted molar refractivity (Wildman–Crippen MR) is 39.3 cm³/mol. The SMILES string of the molecule is Cc1cc(/C=C/CN)on1. The maximum absolute atomic E-state index is 5.23. The van der Waals surface area contributed by atoms with E-state index in [-0.39, 0.29) is 0 Å². The van der Waals surface area contributed by atoms with Crippen molar-refractivity contribution in [3.05, 3.63) is 23.6 Å². The molecule has 0 atom stereocenters. The van der Waals surface area contributed by atoms with Gasteiger partial charge in [-0.15, -0.1) is 0 Å². The smallest absolute Gasteiger partial charge is 0.159 e. The van der Waals surface area contributed by atoms with Crippen LogP contribution in [-0.4, -0.2) is 11.7 Å². The van der Waals surface area contributed by atoms with E-state index in [1.807, 2.05) is 19.1 Å². The number of nitrogens with zero attached hydrogens (tertiary/aromatic N) is 1. The lowest BCUT2D eigenvalue weighted by atomic mass is 10.3. The van der Waals surface area contributed by atoms with Gasteiger partial charge in [-0.1, -0.05) is 11.2 Å². The Labute approximate surface area is 59.5 Å². The van der Waals surface area contributed by atoms with E-state index in [1.54, 1.807) is 6.08 Å². The summed E-state index contributed by atoms with van der Waals surface area (Å²) in [5.41, 5.74) is 6.12. The second-order valence-electron chi connectivity index (χ2n) is 2.01. The molecule has 0 unspecified atom stereocenters. The van der Waals surface area contributed by atoms with Crippen LogP contribution in [0.25, 0.3) is 6.08 Å². The van der Waals surface area contributed by atoms with Crippen molar-refractivity contribution >= 4 is 6.08 Å². The van der Waals surface area contributed by atoms with Crippen LogP contribution in [0.5, 0.6) is 0 Å². The van der Waals surface area contributed by atoms with Crippen molar-refractivity contribution in [3.63, 3.8) is 0 Å². The van der Waals surface area contributed by atoms with Crippen molar-refractivity contribution in [3.8, 4) is 0 Å². The summed E-state index contributed by atoms with van der Waals surface area (Å²) in [6.45, 7) is 2.41. The van der Waals surface area contributed by atoms with Gasteiger partial charge < -0.3 is 10.3 Å². The Kier molecular flexibility index (Phi) is 2.23. The fourth-order valence-electron chi connectivity index (χ4n) is 0.646. The monoisotopic (exact) mass is 138 g/mol. The van der Waals surface area contributed by atoms with Gasteiger partial charge >= 0.3 is 0 Å². The molecule has 0 radical (unpaired) electrons. The van der Waals surface area contributed by atoms with Crippen LogP contribution < -0.4 is 5.73 Å². The maximum Gasteiger partial charge on any atom is 0.159 e. The Bertz CT molecular complexity index is 227. The van der Waals surface area contributed by atoms with E-state index in [9.17, 15) is 0 Å². The highest BCUT2D eigenvalue weighted by atomic mass is 16.5.